The highest BCUT2D eigenvalue weighted by Crippen LogP contribution is 2.19. The number of aliphatic hydroxyl groups excluding tert-OH is 1. The van der Waals surface area contributed by atoms with Crippen LogP contribution >= 0.6 is 0 Å². The summed E-state index contributed by atoms with van der Waals surface area (Å²) < 4.78 is 14.8. The van der Waals surface area contributed by atoms with E-state index in [0.717, 1.165) is 5.69 Å². The normalized spacial score (nSPS) is 12.4. The second-order valence-corrected chi connectivity index (χ2v) is 3.82. The number of hydrogen-bond donors (Lipinski definition) is 2. The van der Waals surface area contributed by atoms with Gasteiger partial charge in [0.15, 0.2) is 0 Å². The Kier molecular flexibility index (Phi) is 3.39. The third-order valence-electron chi connectivity index (χ3n) is 2.56. The molecule has 0 amide bonds. The van der Waals surface area contributed by atoms with E-state index in [1.54, 1.807) is 24.7 Å². The van der Waals surface area contributed by atoms with E-state index in [1.165, 1.54) is 12.1 Å². The first kappa shape index (κ1) is 11.6. The van der Waals surface area contributed by atoms with Gasteiger partial charge in [-0.3, -0.25) is 0 Å². The molecule has 0 aliphatic rings. The lowest BCUT2D eigenvalue weighted by Gasteiger charge is -2.17. The second-order valence-electron chi connectivity index (χ2n) is 3.82. The molecular formula is C12H14FN3O. The SMILES string of the molecule is Cn1cncc1C(CO)Nc1cccc(F)c1. The highest BCUT2D eigenvalue weighted by atomic mass is 19.1. The Labute approximate surface area is 98.7 Å². The molecule has 0 bridgehead atoms. The molecule has 0 saturated heterocycles. The van der Waals surface area contributed by atoms with E-state index < -0.39 is 0 Å². The molecule has 5 heteroatoms. The maximum absolute atomic E-state index is 13.0. The molecule has 1 aromatic carbocycles. The minimum Gasteiger partial charge on any atom is -0.394 e. The van der Waals surface area contributed by atoms with Crippen molar-refractivity contribution >= 4 is 5.69 Å². The molecule has 0 saturated carbocycles. The predicted molar refractivity (Wildman–Crippen MR) is 63.1 cm³/mol. The van der Waals surface area contributed by atoms with Crippen molar-refractivity contribution in [3.8, 4) is 0 Å². The van der Waals surface area contributed by atoms with E-state index in [0.29, 0.717) is 5.69 Å². The summed E-state index contributed by atoms with van der Waals surface area (Å²) in [5, 5.41) is 12.4. The lowest BCUT2D eigenvalue weighted by Crippen LogP contribution is -2.17. The first-order valence-corrected chi connectivity index (χ1v) is 5.30. The smallest absolute Gasteiger partial charge is 0.125 e. The van der Waals surface area contributed by atoms with Gasteiger partial charge < -0.3 is 15.0 Å². The minimum atomic E-state index is -0.309. The Morgan fingerprint density at radius 1 is 1.53 bits per heavy atom. The molecule has 1 aromatic heterocycles. The number of nitrogens with zero attached hydrogens (tertiary/aromatic N) is 2. The third-order valence-corrected chi connectivity index (χ3v) is 2.56. The first-order chi connectivity index (χ1) is 8.20. The van der Waals surface area contributed by atoms with Crippen LogP contribution in [0.5, 0.6) is 0 Å². The van der Waals surface area contributed by atoms with Crippen LogP contribution in [0.1, 0.15) is 11.7 Å². The molecule has 0 aliphatic carbocycles. The van der Waals surface area contributed by atoms with Gasteiger partial charge in [0, 0.05) is 12.7 Å². The van der Waals surface area contributed by atoms with E-state index in [1.807, 2.05) is 11.6 Å². The van der Waals surface area contributed by atoms with Crippen LogP contribution in [0.15, 0.2) is 36.8 Å². The first-order valence-electron chi connectivity index (χ1n) is 5.30. The molecule has 1 unspecified atom stereocenters. The molecule has 0 aliphatic heterocycles. The maximum atomic E-state index is 13.0. The zero-order chi connectivity index (χ0) is 12.3. The summed E-state index contributed by atoms with van der Waals surface area (Å²) in [5.41, 5.74) is 1.47. The average Bonchev–Trinajstić information content (AvgIpc) is 2.72. The van der Waals surface area contributed by atoms with Crippen molar-refractivity contribution < 1.29 is 9.50 Å². The minimum absolute atomic E-state index is 0.0873. The zero-order valence-corrected chi connectivity index (χ0v) is 9.47. The third kappa shape index (κ3) is 2.62. The fraction of sp³-hybridized carbons (Fsp3) is 0.250. The van der Waals surface area contributed by atoms with E-state index in [9.17, 15) is 9.50 Å². The summed E-state index contributed by atoms with van der Waals surface area (Å²) in [7, 11) is 1.85. The molecule has 0 fully saturated rings. The molecule has 90 valence electrons. The monoisotopic (exact) mass is 235 g/mol. The van der Waals surface area contributed by atoms with E-state index in [2.05, 4.69) is 10.3 Å². The van der Waals surface area contributed by atoms with Crippen molar-refractivity contribution in [3.05, 3.63) is 48.3 Å². The van der Waals surface area contributed by atoms with Crippen molar-refractivity contribution in [2.45, 2.75) is 6.04 Å². The lowest BCUT2D eigenvalue weighted by molar-refractivity contribution is 0.272. The van der Waals surface area contributed by atoms with E-state index >= 15 is 0 Å². The highest BCUT2D eigenvalue weighted by Gasteiger charge is 2.13. The van der Waals surface area contributed by atoms with Crippen molar-refractivity contribution in [2.75, 3.05) is 11.9 Å². The quantitative estimate of drug-likeness (QED) is 0.848. The van der Waals surface area contributed by atoms with Crippen molar-refractivity contribution in [3.63, 3.8) is 0 Å². The van der Waals surface area contributed by atoms with Crippen LogP contribution < -0.4 is 5.32 Å². The number of aryl methyl sites for hydroxylation is 1. The largest absolute Gasteiger partial charge is 0.394 e. The summed E-state index contributed by atoms with van der Waals surface area (Å²) in [6, 6.07) is 5.84. The van der Waals surface area contributed by atoms with E-state index in [4.69, 9.17) is 0 Å². The Morgan fingerprint density at radius 2 is 2.35 bits per heavy atom. The number of aromatic nitrogens is 2. The van der Waals surface area contributed by atoms with Crippen LogP contribution in [0.4, 0.5) is 10.1 Å². The molecule has 4 nitrogen and oxygen atoms in total. The van der Waals surface area contributed by atoms with Crippen LogP contribution in [0.2, 0.25) is 0 Å². The zero-order valence-electron chi connectivity index (χ0n) is 9.47. The van der Waals surface area contributed by atoms with Crippen molar-refractivity contribution in [2.24, 2.45) is 7.05 Å². The molecule has 1 atom stereocenters. The molecule has 2 N–H and O–H groups in total. The Hall–Kier alpha value is -1.88. The molecule has 2 aromatic rings. The van der Waals surface area contributed by atoms with Crippen LogP contribution in [0.25, 0.3) is 0 Å². The number of imidazole rings is 1. The highest BCUT2D eigenvalue weighted by molar-refractivity contribution is 5.45. The number of aliphatic hydroxyl groups is 1. The summed E-state index contributed by atoms with van der Waals surface area (Å²) in [5.74, 6) is -0.309. The maximum Gasteiger partial charge on any atom is 0.125 e. The number of nitrogens with one attached hydrogen (secondary N) is 1. The van der Waals surface area contributed by atoms with Crippen LogP contribution in [-0.4, -0.2) is 21.3 Å². The number of benzene rings is 1. The number of rotatable bonds is 4. The van der Waals surface area contributed by atoms with Crippen molar-refractivity contribution in [1.82, 2.24) is 9.55 Å². The number of halogens is 1. The van der Waals surface area contributed by atoms with Crippen LogP contribution in [0.3, 0.4) is 0 Å². The van der Waals surface area contributed by atoms with Gasteiger partial charge in [-0.05, 0) is 18.2 Å². The molecule has 17 heavy (non-hydrogen) atoms. The second kappa shape index (κ2) is 4.97. The Bertz CT molecular complexity index is 498. The number of anilines is 1. The molecule has 1 heterocycles. The molecule has 0 radical (unpaired) electrons. The predicted octanol–water partition coefficient (Wildman–Crippen LogP) is 1.70. The molecule has 2 rings (SSSR count). The topological polar surface area (TPSA) is 50.1 Å². The van der Waals surface area contributed by atoms with Gasteiger partial charge in [0.05, 0.1) is 30.9 Å². The molecule has 0 spiro atoms. The van der Waals surface area contributed by atoms with Crippen LogP contribution in [-0.2, 0) is 7.05 Å². The van der Waals surface area contributed by atoms with Crippen LogP contribution in [0, 0.1) is 5.82 Å². The van der Waals surface area contributed by atoms with Crippen molar-refractivity contribution in [1.29, 1.82) is 0 Å². The van der Waals surface area contributed by atoms with E-state index in [-0.39, 0.29) is 18.5 Å². The lowest BCUT2D eigenvalue weighted by atomic mass is 10.2. The van der Waals surface area contributed by atoms with Gasteiger partial charge in [0.1, 0.15) is 5.82 Å². The Morgan fingerprint density at radius 3 is 2.94 bits per heavy atom. The van der Waals surface area contributed by atoms with Gasteiger partial charge in [-0.15, -0.1) is 0 Å². The number of hydrogen-bond acceptors (Lipinski definition) is 3. The van der Waals surface area contributed by atoms with Gasteiger partial charge in [0.2, 0.25) is 0 Å². The van der Waals surface area contributed by atoms with Gasteiger partial charge in [-0.25, -0.2) is 9.37 Å². The summed E-state index contributed by atoms with van der Waals surface area (Å²) in [6.07, 6.45) is 3.33. The fourth-order valence-electron chi connectivity index (χ4n) is 1.70. The summed E-state index contributed by atoms with van der Waals surface area (Å²) in [4.78, 5) is 3.99. The van der Waals surface area contributed by atoms with Gasteiger partial charge in [-0.2, -0.15) is 0 Å². The summed E-state index contributed by atoms with van der Waals surface area (Å²) in [6.45, 7) is -0.0873. The summed E-state index contributed by atoms with van der Waals surface area (Å²) >= 11 is 0. The fourth-order valence-corrected chi connectivity index (χ4v) is 1.70. The van der Waals surface area contributed by atoms with Gasteiger partial charge >= 0.3 is 0 Å². The standard InChI is InChI=1S/C12H14FN3O/c1-16-8-14-6-12(16)11(7-17)15-10-4-2-3-9(13)5-10/h2-6,8,11,15,17H,7H2,1H3. The molecular weight excluding hydrogens is 221 g/mol. The average molecular weight is 235 g/mol. The van der Waals surface area contributed by atoms with Gasteiger partial charge in [-0.1, -0.05) is 6.07 Å². The Balaban J connectivity index is 2.19. The van der Waals surface area contributed by atoms with Gasteiger partial charge in [0.25, 0.3) is 0 Å².